The van der Waals surface area contributed by atoms with E-state index >= 15 is 0 Å². The third-order valence-electron chi connectivity index (χ3n) is 6.69. The summed E-state index contributed by atoms with van der Waals surface area (Å²) in [5.74, 6) is -0.617. The van der Waals surface area contributed by atoms with Crippen molar-refractivity contribution in [2.45, 2.75) is 50.0 Å². The number of aromatic amines is 1. The molecule has 9 heteroatoms. The maximum Gasteiger partial charge on any atom is 0.349 e. The van der Waals surface area contributed by atoms with Crippen molar-refractivity contribution in [3.63, 3.8) is 0 Å². The molecule has 1 amide bonds. The number of amides is 1. The van der Waals surface area contributed by atoms with Crippen molar-refractivity contribution in [1.82, 2.24) is 15.3 Å². The number of alkyl halides is 2. The van der Waals surface area contributed by atoms with Gasteiger partial charge in [0, 0.05) is 11.6 Å². The Labute approximate surface area is 160 Å². The van der Waals surface area contributed by atoms with Crippen LogP contribution < -0.4 is 20.6 Å². The minimum atomic E-state index is -2.75. The Morgan fingerprint density at radius 3 is 2.39 bits per heavy atom. The van der Waals surface area contributed by atoms with Crippen LogP contribution in [0.5, 0.6) is 5.88 Å². The average Bonchev–Trinajstić information content (AvgIpc) is 2.55. The molecule has 0 spiro atoms. The van der Waals surface area contributed by atoms with E-state index in [0.29, 0.717) is 0 Å². The Morgan fingerprint density at radius 1 is 1.21 bits per heavy atom. The Morgan fingerprint density at radius 2 is 1.82 bits per heavy atom. The standard InChI is InChI=1S/C19H24F2N4O3/c20-19(21)9-25(10-19)14-4-16(23-17(27)22-14)28-8-15(26)24-18-5-11-1-12(6-18)3-13(2-11)7-18/h4,11-13H,1-3,5-10H2,(H,24,26)(H,22,23,27). The van der Waals surface area contributed by atoms with E-state index in [1.807, 2.05) is 0 Å². The van der Waals surface area contributed by atoms with Crippen molar-refractivity contribution >= 4 is 11.7 Å². The number of rotatable bonds is 5. The predicted molar refractivity (Wildman–Crippen MR) is 96.6 cm³/mol. The fraction of sp³-hybridized carbons (Fsp3) is 0.737. The molecule has 0 radical (unpaired) electrons. The van der Waals surface area contributed by atoms with Crippen molar-refractivity contribution in [2.24, 2.45) is 17.8 Å². The molecular formula is C19H24F2N4O3. The Hall–Kier alpha value is -2.19. The van der Waals surface area contributed by atoms with Crippen LogP contribution in [0, 0.1) is 17.8 Å². The van der Waals surface area contributed by atoms with Crippen molar-refractivity contribution in [2.75, 3.05) is 24.6 Å². The van der Waals surface area contributed by atoms with Gasteiger partial charge in [0.05, 0.1) is 13.1 Å². The lowest BCUT2D eigenvalue weighted by molar-refractivity contribution is -0.128. The first-order chi connectivity index (χ1) is 13.3. The van der Waals surface area contributed by atoms with E-state index in [1.54, 1.807) is 0 Å². The molecule has 4 aliphatic carbocycles. The summed E-state index contributed by atoms with van der Waals surface area (Å²) < 4.78 is 31.5. The van der Waals surface area contributed by atoms with Gasteiger partial charge in [0.1, 0.15) is 5.82 Å². The number of ether oxygens (including phenoxy) is 1. The molecule has 4 bridgehead atoms. The van der Waals surface area contributed by atoms with Gasteiger partial charge in [0.25, 0.3) is 11.8 Å². The maximum absolute atomic E-state index is 13.1. The topological polar surface area (TPSA) is 87.3 Å². The first kappa shape index (κ1) is 17.9. The highest BCUT2D eigenvalue weighted by Crippen LogP contribution is 2.55. The lowest BCUT2D eigenvalue weighted by atomic mass is 9.53. The van der Waals surface area contributed by atoms with Gasteiger partial charge >= 0.3 is 5.69 Å². The molecule has 0 atom stereocenters. The third-order valence-corrected chi connectivity index (χ3v) is 6.69. The van der Waals surface area contributed by atoms with Crippen molar-refractivity contribution in [3.8, 4) is 5.88 Å². The van der Waals surface area contributed by atoms with Crippen molar-refractivity contribution < 1.29 is 18.3 Å². The molecule has 1 aromatic rings. The van der Waals surface area contributed by atoms with E-state index in [9.17, 15) is 18.4 Å². The van der Waals surface area contributed by atoms with Gasteiger partial charge in [-0.15, -0.1) is 0 Å². The van der Waals surface area contributed by atoms with Gasteiger partial charge in [-0.1, -0.05) is 0 Å². The summed E-state index contributed by atoms with van der Waals surface area (Å²) in [6.45, 7) is -1.16. The van der Waals surface area contributed by atoms with Gasteiger partial charge in [0.15, 0.2) is 6.61 Å². The fourth-order valence-electron chi connectivity index (χ4n) is 6.08. The molecule has 1 aromatic heterocycles. The quantitative estimate of drug-likeness (QED) is 0.794. The van der Waals surface area contributed by atoms with E-state index < -0.39 is 24.7 Å². The molecule has 0 unspecified atom stereocenters. The molecule has 2 heterocycles. The van der Waals surface area contributed by atoms with Gasteiger partial charge in [-0.3, -0.25) is 9.78 Å². The molecule has 5 fully saturated rings. The molecule has 1 saturated heterocycles. The zero-order valence-corrected chi connectivity index (χ0v) is 15.5. The zero-order valence-electron chi connectivity index (χ0n) is 15.5. The van der Waals surface area contributed by atoms with Crippen LogP contribution in [0.25, 0.3) is 0 Å². The SMILES string of the molecule is O=C(COc1cc(N2CC(F)(F)C2)[nH]c(=O)n1)NC12CC3CC(CC(C3)C1)C2. The van der Waals surface area contributed by atoms with Crippen LogP contribution in [0.15, 0.2) is 10.9 Å². The lowest BCUT2D eigenvalue weighted by Gasteiger charge is -2.56. The highest BCUT2D eigenvalue weighted by atomic mass is 19.3. The van der Waals surface area contributed by atoms with Crippen LogP contribution in [-0.2, 0) is 4.79 Å². The Bertz CT molecular complexity index is 813. The number of carbonyl (C=O) groups is 1. The molecule has 0 aromatic carbocycles. The first-order valence-corrected chi connectivity index (χ1v) is 9.96. The van der Waals surface area contributed by atoms with E-state index in [4.69, 9.17) is 4.74 Å². The van der Waals surface area contributed by atoms with Crippen LogP contribution in [0.1, 0.15) is 38.5 Å². The van der Waals surface area contributed by atoms with Gasteiger partial charge in [-0.05, 0) is 56.3 Å². The highest BCUT2D eigenvalue weighted by molar-refractivity contribution is 5.78. The summed E-state index contributed by atoms with van der Waals surface area (Å²) in [5.41, 5.74) is -0.797. The smallest absolute Gasteiger partial charge is 0.349 e. The number of carbonyl (C=O) groups excluding carboxylic acids is 1. The van der Waals surface area contributed by atoms with Crippen LogP contribution in [-0.4, -0.2) is 47.0 Å². The summed E-state index contributed by atoms with van der Waals surface area (Å²) in [4.78, 5) is 31.6. The molecule has 2 N–H and O–H groups in total. The molecule has 152 valence electrons. The van der Waals surface area contributed by atoms with Gasteiger partial charge < -0.3 is 15.0 Å². The second kappa shape index (κ2) is 6.15. The van der Waals surface area contributed by atoms with Gasteiger partial charge in [-0.25, -0.2) is 13.6 Å². The maximum atomic E-state index is 13.1. The minimum absolute atomic E-state index is 0.0328. The van der Waals surface area contributed by atoms with Crippen LogP contribution in [0.2, 0.25) is 0 Å². The van der Waals surface area contributed by atoms with E-state index in [1.165, 1.54) is 30.2 Å². The molecule has 5 aliphatic rings. The molecule has 6 rings (SSSR count). The third kappa shape index (κ3) is 3.35. The summed E-state index contributed by atoms with van der Waals surface area (Å²) in [7, 11) is 0. The monoisotopic (exact) mass is 394 g/mol. The number of hydrogen-bond acceptors (Lipinski definition) is 5. The number of hydrogen-bond donors (Lipinski definition) is 2. The number of halogens is 2. The number of aromatic nitrogens is 2. The van der Waals surface area contributed by atoms with Gasteiger partial charge in [0.2, 0.25) is 5.88 Å². The van der Waals surface area contributed by atoms with Crippen LogP contribution in [0.4, 0.5) is 14.6 Å². The van der Waals surface area contributed by atoms with E-state index in [0.717, 1.165) is 37.0 Å². The average molecular weight is 394 g/mol. The number of nitrogens with zero attached hydrogens (tertiary/aromatic N) is 2. The Kier molecular flexibility index (Phi) is 3.93. The largest absolute Gasteiger partial charge is 0.467 e. The summed E-state index contributed by atoms with van der Waals surface area (Å²) in [6, 6.07) is 1.38. The van der Waals surface area contributed by atoms with E-state index in [2.05, 4.69) is 15.3 Å². The minimum Gasteiger partial charge on any atom is -0.467 e. The van der Waals surface area contributed by atoms with Gasteiger partial charge in [-0.2, -0.15) is 4.98 Å². The summed E-state index contributed by atoms with van der Waals surface area (Å²) >= 11 is 0. The number of nitrogens with one attached hydrogen (secondary N) is 2. The van der Waals surface area contributed by atoms with Crippen LogP contribution in [0.3, 0.4) is 0 Å². The lowest BCUT2D eigenvalue weighted by Crippen LogP contribution is -2.60. The van der Waals surface area contributed by atoms with Crippen molar-refractivity contribution in [3.05, 3.63) is 16.6 Å². The Balaban J connectivity index is 1.20. The highest BCUT2D eigenvalue weighted by Gasteiger charge is 2.51. The second-order valence-corrected chi connectivity index (χ2v) is 9.16. The second-order valence-electron chi connectivity index (χ2n) is 9.16. The zero-order chi connectivity index (χ0) is 19.5. The molecular weight excluding hydrogens is 370 g/mol. The molecule has 7 nitrogen and oxygen atoms in total. The molecule has 28 heavy (non-hydrogen) atoms. The van der Waals surface area contributed by atoms with E-state index in [-0.39, 0.29) is 29.8 Å². The summed E-state index contributed by atoms with van der Waals surface area (Å²) in [6.07, 6.45) is 7.01. The molecule has 1 aliphatic heterocycles. The molecule has 4 saturated carbocycles. The number of H-pyrrole nitrogens is 1. The fourth-order valence-corrected chi connectivity index (χ4v) is 6.08. The first-order valence-electron chi connectivity index (χ1n) is 9.96. The normalized spacial score (nSPS) is 34.8. The number of anilines is 1. The predicted octanol–water partition coefficient (Wildman–Crippen LogP) is 1.69. The van der Waals surface area contributed by atoms with Crippen molar-refractivity contribution in [1.29, 1.82) is 0 Å². The summed E-state index contributed by atoms with van der Waals surface area (Å²) in [5, 5.41) is 3.19. The van der Waals surface area contributed by atoms with Crippen LogP contribution >= 0.6 is 0 Å².